The molecule has 0 saturated heterocycles. The molecule has 0 spiro atoms. The maximum Gasteiger partial charge on any atom is 0.416 e. The summed E-state index contributed by atoms with van der Waals surface area (Å²) in [5.74, 6) is 0.173. The highest BCUT2D eigenvalue weighted by Crippen LogP contribution is 2.43. The summed E-state index contributed by atoms with van der Waals surface area (Å²) < 4.78 is 55.5. The van der Waals surface area contributed by atoms with Crippen LogP contribution in [0.15, 0.2) is 65.1 Å². The van der Waals surface area contributed by atoms with Crippen LogP contribution < -0.4 is 19.5 Å². The highest BCUT2D eigenvalue weighted by molar-refractivity contribution is 9.10. The summed E-state index contributed by atoms with van der Waals surface area (Å²) in [7, 11) is 4.43. The number of methoxy groups -OCH3 is 3. The van der Waals surface area contributed by atoms with Crippen LogP contribution in [-0.2, 0) is 6.18 Å². The van der Waals surface area contributed by atoms with Crippen molar-refractivity contribution < 1.29 is 37.0 Å². The van der Waals surface area contributed by atoms with Gasteiger partial charge in [-0.2, -0.15) is 13.2 Å². The van der Waals surface area contributed by atoms with E-state index in [0.717, 1.165) is 18.2 Å². The van der Waals surface area contributed by atoms with Crippen molar-refractivity contribution in [1.29, 1.82) is 0 Å². The fourth-order valence-corrected chi connectivity index (χ4v) is 3.97. The number of carbonyl (C=O) groups is 2. The second-order valence-corrected chi connectivity index (χ2v) is 8.15. The Hall–Kier alpha value is -3.79. The Morgan fingerprint density at radius 3 is 2.19 bits per heavy atom. The molecule has 10 heteroatoms. The first-order valence-electron chi connectivity index (χ1n) is 10.4. The number of hydrogen-bond acceptors (Lipinski definition) is 5. The van der Waals surface area contributed by atoms with Crippen LogP contribution in [-0.4, -0.2) is 33.0 Å². The largest absolute Gasteiger partial charge is 0.496 e. The van der Waals surface area contributed by atoms with E-state index in [1.54, 1.807) is 18.2 Å². The number of ether oxygens (including phenoxy) is 3. The molecule has 0 unspecified atom stereocenters. The van der Waals surface area contributed by atoms with Crippen molar-refractivity contribution in [2.45, 2.75) is 6.18 Å². The lowest BCUT2D eigenvalue weighted by Crippen LogP contribution is -2.14. The predicted molar refractivity (Wildman–Crippen MR) is 133 cm³/mol. The Kier molecular flexibility index (Phi) is 8.41. The third-order valence-corrected chi connectivity index (χ3v) is 5.84. The monoisotopic (exact) mass is 563 g/mol. The molecule has 0 bridgehead atoms. The number of amides is 1. The van der Waals surface area contributed by atoms with Crippen molar-refractivity contribution in [3.05, 3.63) is 87.4 Å². The summed E-state index contributed by atoms with van der Waals surface area (Å²) >= 11 is 3.41. The zero-order valence-corrected chi connectivity index (χ0v) is 21.0. The van der Waals surface area contributed by atoms with E-state index < -0.39 is 17.6 Å². The minimum Gasteiger partial charge on any atom is -0.496 e. The van der Waals surface area contributed by atoms with Crippen molar-refractivity contribution in [1.82, 2.24) is 0 Å². The molecule has 3 aromatic rings. The number of allylic oxidation sites excluding steroid dienone is 1. The molecular weight excluding hydrogens is 543 g/mol. The number of rotatable bonds is 8. The van der Waals surface area contributed by atoms with Crippen LogP contribution in [0.25, 0.3) is 6.08 Å². The van der Waals surface area contributed by atoms with Gasteiger partial charge in [0.05, 0.1) is 32.5 Å². The third-order valence-electron chi connectivity index (χ3n) is 5.09. The van der Waals surface area contributed by atoms with E-state index in [9.17, 15) is 22.8 Å². The van der Waals surface area contributed by atoms with Crippen LogP contribution in [0.4, 0.5) is 18.9 Å². The minimum atomic E-state index is -4.57. The first-order chi connectivity index (χ1) is 17.1. The third kappa shape index (κ3) is 6.06. The summed E-state index contributed by atoms with van der Waals surface area (Å²) in [5, 5.41) is 2.52. The van der Waals surface area contributed by atoms with Gasteiger partial charge in [0.2, 0.25) is 0 Å². The van der Waals surface area contributed by atoms with Gasteiger partial charge in [0, 0.05) is 22.9 Å². The molecule has 0 saturated carbocycles. The van der Waals surface area contributed by atoms with Crippen LogP contribution in [0.1, 0.15) is 31.8 Å². The smallest absolute Gasteiger partial charge is 0.416 e. The number of nitrogens with one attached hydrogen (secondary N) is 1. The van der Waals surface area contributed by atoms with Gasteiger partial charge in [0.1, 0.15) is 21.7 Å². The highest BCUT2D eigenvalue weighted by atomic mass is 79.9. The topological polar surface area (TPSA) is 73.9 Å². The zero-order valence-electron chi connectivity index (χ0n) is 19.4. The standard InChI is InChI=1S/C26H21BrF3NO5/c1-34-21-14-22(35-2)23(27)24(36-3)19(21)10-11-20(32)15-6-5-9-18(13-15)31-25(33)16-7-4-8-17(12-16)26(28,29)30/h4-14H,1-3H3,(H,31,33)/b11-10+. The molecule has 1 amide bonds. The number of hydrogen-bond donors (Lipinski definition) is 1. The molecule has 0 aliphatic heterocycles. The molecule has 36 heavy (non-hydrogen) atoms. The van der Waals surface area contributed by atoms with Crippen LogP contribution in [0.3, 0.4) is 0 Å². The molecule has 0 radical (unpaired) electrons. The summed E-state index contributed by atoms with van der Waals surface area (Å²) in [6, 6.07) is 11.8. The van der Waals surface area contributed by atoms with Gasteiger partial charge in [-0.15, -0.1) is 0 Å². The van der Waals surface area contributed by atoms with Gasteiger partial charge in [-0.1, -0.05) is 18.2 Å². The maximum absolute atomic E-state index is 13.0. The maximum atomic E-state index is 13.0. The van der Waals surface area contributed by atoms with Gasteiger partial charge in [0.15, 0.2) is 5.78 Å². The van der Waals surface area contributed by atoms with Crippen molar-refractivity contribution in [3.8, 4) is 17.2 Å². The van der Waals surface area contributed by atoms with Crippen LogP contribution >= 0.6 is 15.9 Å². The van der Waals surface area contributed by atoms with Crippen molar-refractivity contribution in [2.24, 2.45) is 0 Å². The molecule has 0 heterocycles. The van der Waals surface area contributed by atoms with Gasteiger partial charge in [0.25, 0.3) is 5.91 Å². The van der Waals surface area contributed by atoms with Crippen molar-refractivity contribution in [2.75, 3.05) is 26.6 Å². The van der Waals surface area contributed by atoms with E-state index in [-0.39, 0.29) is 22.6 Å². The second-order valence-electron chi connectivity index (χ2n) is 7.35. The van der Waals surface area contributed by atoms with E-state index in [0.29, 0.717) is 27.3 Å². The van der Waals surface area contributed by atoms with Gasteiger partial charge in [-0.25, -0.2) is 0 Å². The molecule has 188 valence electrons. The Morgan fingerprint density at radius 1 is 0.889 bits per heavy atom. The molecular formula is C26H21BrF3NO5. The van der Waals surface area contributed by atoms with E-state index in [1.807, 2.05) is 0 Å². The Balaban J connectivity index is 1.83. The summed E-state index contributed by atoms with van der Waals surface area (Å²) in [5.41, 5.74) is -0.0985. The van der Waals surface area contributed by atoms with Crippen molar-refractivity contribution in [3.63, 3.8) is 0 Å². The fraction of sp³-hybridized carbons (Fsp3) is 0.154. The number of carbonyl (C=O) groups excluding carboxylic acids is 2. The lowest BCUT2D eigenvalue weighted by atomic mass is 10.1. The average Bonchev–Trinajstić information content (AvgIpc) is 2.87. The molecule has 0 aliphatic rings. The number of ketones is 1. The van der Waals surface area contributed by atoms with E-state index in [2.05, 4.69) is 21.2 Å². The van der Waals surface area contributed by atoms with E-state index in [4.69, 9.17) is 14.2 Å². The fourth-order valence-electron chi connectivity index (χ4n) is 3.32. The number of anilines is 1. The lowest BCUT2D eigenvalue weighted by molar-refractivity contribution is -0.137. The molecule has 3 aromatic carbocycles. The summed E-state index contributed by atoms with van der Waals surface area (Å²) in [6.07, 6.45) is -1.73. The minimum absolute atomic E-state index is 0.161. The lowest BCUT2D eigenvalue weighted by Gasteiger charge is -2.15. The molecule has 0 fully saturated rings. The molecule has 3 rings (SSSR count). The Labute approximate surface area is 213 Å². The van der Waals surface area contributed by atoms with Gasteiger partial charge in [-0.3, -0.25) is 9.59 Å². The summed E-state index contributed by atoms with van der Waals surface area (Å²) in [6.45, 7) is 0. The van der Waals surface area contributed by atoms with Gasteiger partial charge < -0.3 is 19.5 Å². The van der Waals surface area contributed by atoms with E-state index >= 15 is 0 Å². The quantitative estimate of drug-likeness (QED) is 0.245. The van der Waals surface area contributed by atoms with Crippen LogP contribution in [0, 0.1) is 0 Å². The normalized spacial score (nSPS) is 11.3. The molecule has 1 N–H and O–H groups in total. The predicted octanol–water partition coefficient (Wildman–Crippen LogP) is 6.64. The van der Waals surface area contributed by atoms with Crippen molar-refractivity contribution >= 4 is 39.4 Å². The van der Waals surface area contributed by atoms with E-state index in [1.165, 1.54) is 51.7 Å². The van der Waals surface area contributed by atoms with Crippen LogP contribution in [0.5, 0.6) is 17.2 Å². The number of alkyl halides is 3. The number of halogens is 4. The molecule has 0 atom stereocenters. The highest BCUT2D eigenvalue weighted by Gasteiger charge is 2.31. The van der Waals surface area contributed by atoms with Gasteiger partial charge >= 0.3 is 6.18 Å². The number of benzene rings is 3. The average molecular weight is 564 g/mol. The molecule has 6 nitrogen and oxygen atoms in total. The second kappa shape index (κ2) is 11.3. The van der Waals surface area contributed by atoms with Gasteiger partial charge in [-0.05, 0) is 58.4 Å². The Morgan fingerprint density at radius 2 is 1.56 bits per heavy atom. The Bertz CT molecular complexity index is 1320. The SMILES string of the molecule is COc1cc(OC)c(/C=C/C(=O)c2cccc(NC(=O)c3cccc(C(F)(F)F)c3)c2)c(OC)c1Br. The zero-order chi connectivity index (χ0) is 26.5. The van der Waals surface area contributed by atoms with Crippen LogP contribution in [0.2, 0.25) is 0 Å². The summed E-state index contributed by atoms with van der Waals surface area (Å²) in [4.78, 5) is 25.3. The first kappa shape index (κ1) is 26.8. The molecule has 0 aliphatic carbocycles. The molecule has 0 aromatic heterocycles. The first-order valence-corrected chi connectivity index (χ1v) is 11.2.